The molecule has 4 nitrogen and oxygen atoms in total. The summed E-state index contributed by atoms with van der Waals surface area (Å²) in [6.45, 7) is 2.52. The monoisotopic (exact) mass is 233 g/mol. The van der Waals surface area contributed by atoms with Crippen LogP contribution in [0.5, 0.6) is 0 Å². The van der Waals surface area contributed by atoms with E-state index >= 15 is 0 Å². The van der Waals surface area contributed by atoms with E-state index in [1.165, 1.54) is 11.5 Å². The van der Waals surface area contributed by atoms with Gasteiger partial charge in [-0.3, -0.25) is 0 Å². The van der Waals surface area contributed by atoms with Gasteiger partial charge in [-0.1, -0.05) is 0 Å². The molecular weight excluding hydrogens is 218 g/mol. The smallest absolute Gasteiger partial charge is 0.153 e. The van der Waals surface area contributed by atoms with E-state index in [4.69, 9.17) is 10.8 Å². The Kier molecular flexibility index (Phi) is 4.50. The number of nitrogen functional groups attached to an aromatic ring is 1. The molecule has 1 atom stereocenters. The zero-order chi connectivity index (χ0) is 10.6. The number of aromatic nitrogens is 1. The first kappa shape index (κ1) is 11.6. The fraction of sp³-hybridized carbons (Fsp3) is 0.625. The number of nitrogens with one attached hydrogen (secondary N) is 1. The van der Waals surface area contributed by atoms with Crippen molar-refractivity contribution < 1.29 is 5.11 Å². The quantitative estimate of drug-likeness (QED) is 0.674. The molecule has 0 radical (unpaired) electrons. The van der Waals surface area contributed by atoms with E-state index in [1.54, 1.807) is 18.7 Å². The van der Waals surface area contributed by atoms with Crippen LogP contribution in [-0.2, 0) is 0 Å². The molecule has 1 unspecified atom stereocenters. The van der Waals surface area contributed by atoms with Crippen molar-refractivity contribution in [2.24, 2.45) is 0 Å². The Balaban J connectivity index is 2.50. The molecule has 1 heterocycles. The molecule has 0 bridgehead atoms. The highest BCUT2D eigenvalue weighted by Gasteiger charge is 2.09. The summed E-state index contributed by atoms with van der Waals surface area (Å²) in [7, 11) is 0. The molecule has 1 aromatic rings. The SMILES string of the molecule is CSc1c(N)nsc1NCCC(C)O. The van der Waals surface area contributed by atoms with E-state index in [-0.39, 0.29) is 6.10 Å². The van der Waals surface area contributed by atoms with Gasteiger partial charge in [0.15, 0.2) is 5.82 Å². The molecule has 0 saturated carbocycles. The number of aliphatic hydroxyl groups excluding tert-OH is 1. The van der Waals surface area contributed by atoms with Crippen LogP contribution in [0.25, 0.3) is 0 Å². The van der Waals surface area contributed by atoms with Crippen molar-refractivity contribution >= 4 is 34.1 Å². The minimum atomic E-state index is -0.273. The topological polar surface area (TPSA) is 71.2 Å². The van der Waals surface area contributed by atoms with Crippen LogP contribution in [0.15, 0.2) is 4.90 Å². The molecule has 0 amide bonds. The number of aliphatic hydroxyl groups is 1. The second-order valence-corrected chi connectivity index (χ2v) is 4.58. The largest absolute Gasteiger partial charge is 0.393 e. The molecule has 4 N–H and O–H groups in total. The van der Waals surface area contributed by atoms with Crippen LogP contribution in [0.1, 0.15) is 13.3 Å². The molecule has 1 rings (SSSR count). The van der Waals surface area contributed by atoms with E-state index in [0.29, 0.717) is 5.82 Å². The van der Waals surface area contributed by atoms with E-state index in [9.17, 15) is 0 Å². The minimum absolute atomic E-state index is 0.273. The first-order chi connectivity index (χ1) is 6.65. The van der Waals surface area contributed by atoms with Crippen molar-refractivity contribution in [3.63, 3.8) is 0 Å². The van der Waals surface area contributed by atoms with Crippen molar-refractivity contribution in [1.29, 1.82) is 0 Å². The molecule has 0 fully saturated rings. The number of nitrogens with zero attached hydrogens (tertiary/aromatic N) is 1. The lowest BCUT2D eigenvalue weighted by Crippen LogP contribution is -2.09. The summed E-state index contributed by atoms with van der Waals surface area (Å²) in [4.78, 5) is 1.00. The third-order valence-corrected chi connectivity index (χ3v) is 3.50. The average Bonchev–Trinajstić information content (AvgIpc) is 2.46. The van der Waals surface area contributed by atoms with Gasteiger partial charge in [-0.05, 0) is 31.1 Å². The van der Waals surface area contributed by atoms with Crippen molar-refractivity contribution in [3.05, 3.63) is 0 Å². The Morgan fingerprint density at radius 3 is 3.00 bits per heavy atom. The lowest BCUT2D eigenvalue weighted by atomic mass is 10.3. The molecule has 14 heavy (non-hydrogen) atoms. The van der Waals surface area contributed by atoms with Gasteiger partial charge in [-0.25, -0.2) is 0 Å². The highest BCUT2D eigenvalue weighted by molar-refractivity contribution is 7.99. The van der Waals surface area contributed by atoms with Crippen LogP contribution in [0.4, 0.5) is 10.8 Å². The molecule has 0 aliphatic heterocycles. The summed E-state index contributed by atoms with van der Waals surface area (Å²) in [5, 5.41) is 13.3. The van der Waals surface area contributed by atoms with Crippen LogP contribution in [0, 0.1) is 0 Å². The number of hydrogen-bond donors (Lipinski definition) is 3. The lowest BCUT2D eigenvalue weighted by Gasteiger charge is -2.06. The van der Waals surface area contributed by atoms with Crippen LogP contribution < -0.4 is 11.1 Å². The molecule has 0 aliphatic carbocycles. The van der Waals surface area contributed by atoms with Gasteiger partial charge in [0.2, 0.25) is 0 Å². The van der Waals surface area contributed by atoms with E-state index in [0.717, 1.165) is 22.9 Å². The molecular formula is C8H15N3OS2. The van der Waals surface area contributed by atoms with Crippen molar-refractivity contribution in [2.45, 2.75) is 24.3 Å². The van der Waals surface area contributed by atoms with Gasteiger partial charge in [0.05, 0.1) is 11.0 Å². The Morgan fingerprint density at radius 1 is 1.71 bits per heavy atom. The molecule has 0 spiro atoms. The van der Waals surface area contributed by atoms with E-state index < -0.39 is 0 Å². The molecule has 0 saturated heterocycles. The van der Waals surface area contributed by atoms with Crippen LogP contribution in [0.3, 0.4) is 0 Å². The summed E-state index contributed by atoms with van der Waals surface area (Å²) in [5.74, 6) is 0.585. The van der Waals surface area contributed by atoms with Gasteiger partial charge in [0, 0.05) is 6.54 Å². The second-order valence-electron chi connectivity index (χ2n) is 2.99. The van der Waals surface area contributed by atoms with Gasteiger partial charge in [0.1, 0.15) is 5.00 Å². The number of hydrogen-bond acceptors (Lipinski definition) is 6. The Bertz CT molecular complexity index is 288. The molecule has 80 valence electrons. The summed E-state index contributed by atoms with van der Waals surface area (Å²) in [6.07, 6.45) is 2.43. The van der Waals surface area contributed by atoms with Crippen LogP contribution >= 0.6 is 23.3 Å². The fourth-order valence-electron chi connectivity index (χ4n) is 0.998. The van der Waals surface area contributed by atoms with Gasteiger partial charge < -0.3 is 16.2 Å². The maximum absolute atomic E-state index is 9.08. The van der Waals surface area contributed by atoms with E-state index in [2.05, 4.69) is 9.69 Å². The predicted octanol–water partition coefficient (Wildman–Crippen LogP) is 1.63. The zero-order valence-corrected chi connectivity index (χ0v) is 9.91. The Hall–Kier alpha value is -0.460. The summed E-state index contributed by atoms with van der Waals surface area (Å²) in [6, 6.07) is 0. The molecule has 0 aliphatic rings. The molecule has 6 heteroatoms. The Morgan fingerprint density at radius 2 is 2.43 bits per heavy atom. The zero-order valence-electron chi connectivity index (χ0n) is 8.28. The van der Waals surface area contributed by atoms with Gasteiger partial charge in [0.25, 0.3) is 0 Å². The highest BCUT2D eigenvalue weighted by Crippen LogP contribution is 2.34. The lowest BCUT2D eigenvalue weighted by molar-refractivity contribution is 0.189. The number of rotatable bonds is 5. The average molecular weight is 233 g/mol. The summed E-state index contributed by atoms with van der Waals surface area (Å²) in [5.41, 5.74) is 5.67. The fourth-order valence-corrected chi connectivity index (χ4v) is 2.57. The minimum Gasteiger partial charge on any atom is -0.393 e. The van der Waals surface area contributed by atoms with Crippen LogP contribution in [-0.4, -0.2) is 28.4 Å². The number of thioether (sulfide) groups is 1. The second kappa shape index (κ2) is 5.43. The maximum atomic E-state index is 9.08. The first-order valence-electron chi connectivity index (χ1n) is 4.36. The standard InChI is InChI=1S/C8H15N3OS2/c1-5(12)3-4-10-8-6(13-2)7(9)11-14-8/h5,10,12H,3-4H2,1-2H3,(H2,9,11). The number of anilines is 2. The third-order valence-electron chi connectivity index (χ3n) is 1.73. The van der Waals surface area contributed by atoms with E-state index in [1.807, 2.05) is 6.26 Å². The van der Waals surface area contributed by atoms with Crippen molar-refractivity contribution in [3.8, 4) is 0 Å². The third kappa shape index (κ3) is 3.04. The van der Waals surface area contributed by atoms with Gasteiger partial charge in [-0.15, -0.1) is 11.8 Å². The van der Waals surface area contributed by atoms with Crippen molar-refractivity contribution in [1.82, 2.24) is 4.37 Å². The number of nitrogens with two attached hydrogens (primary N) is 1. The highest BCUT2D eigenvalue weighted by atomic mass is 32.2. The Labute approximate surface area is 92.1 Å². The normalized spacial score (nSPS) is 12.8. The first-order valence-corrected chi connectivity index (χ1v) is 6.36. The van der Waals surface area contributed by atoms with Crippen molar-refractivity contribution in [2.75, 3.05) is 23.9 Å². The van der Waals surface area contributed by atoms with Crippen LogP contribution in [0.2, 0.25) is 0 Å². The van der Waals surface area contributed by atoms with Gasteiger partial charge in [-0.2, -0.15) is 4.37 Å². The predicted molar refractivity (Wildman–Crippen MR) is 63.1 cm³/mol. The summed E-state index contributed by atoms with van der Waals surface area (Å²) >= 11 is 2.95. The molecule has 0 aromatic carbocycles. The summed E-state index contributed by atoms with van der Waals surface area (Å²) < 4.78 is 4.06. The van der Waals surface area contributed by atoms with Gasteiger partial charge >= 0.3 is 0 Å². The molecule has 1 aromatic heterocycles. The maximum Gasteiger partial charge on any atom is 0.153 e.